The summed E-state index contributed by atoms with van der Waals surface area (Å²) in [5.74, 6) is 0. The van der Waals surface area contributed by atoms with Crippen molar-refractivity contribution in [2.24, 2.45) is 0 Å². The first kappa shape index (κ1) is 15.5. The fourth-order valence-electron chi connectivity index (χ4n) is 6.09. The van der Waals surface area contributed by atoms with Crippen molar-refractivity contribution in [3.05, 3.63) is 157 Å². The zero-order valence-corrected chi connectivity index (χ0v) is 22.6. The number of benzene rings is 8. The monoisotopic (exact) mass is 557 g/mol. The van der Waals surface area contributed by atoms with Crippen LogP contribution >= 0.6 is 0 Å². The van der Waals surface area contributed by atoms with Crippen molar-refractivity contribution in [2.45, 2.75) is 0 Å². The molecule has 0 bridgehead atoms. The minimum absolute atomic E-state index is 0.0607. The minimum atomic E-state index is -0.666. The second-order valence-electron chi connectivity index (χ2n) is 10.4. The van der Waals surface area contributed by atoms with Crippen LogP contribution < -0.4 is 0 Å². The molecule has 9 rings (SSSR count). The molecule has 43 heavy (non-hydrogen) atoms. The summed E-state index contributed by atoms with van der Waals surface area (Å²) in [4.78, 5) is 0. The summed E-state index contributed by atoms with van der Waals surface area (Å²) in [6.45, 7) is 0. The highest BCUT2D eigenvalue weighted by Gasteiger charge is 2.18. The van der Waals surface area contributed by atoms with Crippen LogP contribution in [0.15, 0.2) is 162 Å². The molecule has 0 N–H and O–H groups in total. The predicted molar refractivity (Wildman–Crippen MR) is 183 cm³/mol. The molecule has 1 aromatic heterocycles. The van der Waals surface area contributed by atoms with Crippen molar-refractivity contribution < 1.29 is 19.5 Å². The molecule has 0 atom stereocenters. The van der Waals surface area contributed by atoms with Crippen LogP contribution in [-0.2, 0) is 0 Å². The highest BCUT2D eigenvalue weighted by Crippen LogP contribution is 2.45. The Morgan fingerprint density at radius 3 is 1.60 bits per heavy atom. The molecule has 1 heteroatoms. The van der Waals surface area contributed by atoms with Gasteiger partial charge >= 0.3 is 0 Å². The summed E-state index contributed by atoms with van der Waals surface area (Å²) in [6, 6.07) is 23.0. The Hall–Kier alpha value is -5.66. The van der Waals surface area contributed by atoms with Gasteiger partial charge in [-0.3, -0.25) is 0 Å². The SMILES string of the molecule is [2H]c1c([2H])c([2H])c(-c2c([2H])c([2H])c3c([2H])c(-c4c5ccccc5c(-c5ccc6oc7ccccc7c6c5)c5ccccc45)c([2H])c([2H])c3c2[2H])c([2H])c1[2H]. The highest BCUT2D eigenvalue weighted by molar-refractivity contribution is 6.22. The zero-order chi connectivity index (χ0) is 37.9. The Morgan fingerprint density at radius 1 is 0.395 bits per heavy atom. The van der Waals surface area contributed by atoms with E-state index in [1.54, 1.807) is 0 Å². The summed E-state index contributed by atoms with van der Waals surface area (Å²) in [5, 5.41) is 4.52. The molecule has 0 saturated carbocycles. The molecule has 0 aliphatic heterocycles. The van der Waals surface area contributed by atoms with E-state index in [1.807, 2.05) is 84.9 Å². The maximum Gasteiger partial charge on any atom is 0.135 e. The first-order chi connectivity index (χ1) is 25.9. The van der Waals surface area contributed by atoms with E-state index in [4.69, 9.17) is 15.4 Å². The molecule has 0 spiro atoms. The van der Waals surface area contributed by atoms with Gasteiger partial charge in [0.15, 0.2) is 0 Å². The van der Waals surface area contributed by atoms with E-state index in [1.165, 1.54) is 0 Å². The van der Waals surface area contributed by atoms with Gasteiger partial charge in [-0.25, -0.2) is 0 Å². The number of hydrogen-bond acceptors (Lipinski definition) is 1. The van der Waals surface area contributed by atoms with Gasteiger partial charge in [0.05, 0.1) is 15.1 Å². The van der Waals surface area contributed by atoms with Crippen LogP contribution in [0.4, 0.5) is 0 Å². The molecule has 1 heterocycles. The lowest BCUT2D eigenvalue weighted by atomic mass is 9.85. The van der Waals surface area contributed by atoms with Crippen molar-refractivity contribution in [3.8, 4) is 33.4 Å². The van der Waals surface area contributed by atoms with Gasteiger partial charge in [-0.1, -0.05) is 127 Å². The van der Waals surface area contributed by atoms with E-state index in [9.17, 15) is 4.11 Å². The van der Waals surface area contributed by atoms with E-state index in [0.29, 0.717) is 16.3 Å². The molecule has 0 aliphatic rings. The number of para-hydroxylation sites is 1. The van der Waals surface area contributed by atoms with Crippen molar-refractivity contribution in [3.63, 3.8) is 0 Å². The number of rotatable bonds is 3. The Morgan fingerprint density at radius 2 is 0.930 bits per heavy atom. The fourth-order valence-corrected chi connectivity index (χ4v) is 6.09. The summed E-state index contributed by atoms with van der Waals surface area (Å²) >= 11 is 0. The quantitative estimate of drug-likeness (QED) is 0.197. The van der Waals surface area contributed by atoms with Crippen LogP contribution in [0.25, 0.3) is 87.6 Å². The summed E-state index contributed by atoms with van der Waals surface area (Å²) < 4.78 is 103. The van der Waals surface area contributed by atoms with E-state index >= 15 is 0 Å². The van der Waals surface area contributed by atoms with Gasteiger partial charge in [0.2, 0.25) is 0 Å². The van der Waals surface area contributed by atoms with Crippen molar-refractivity contribution in [1.29, 1.82) is 0 Å². The number of furan rings is 1. The average molecular weight is 558 g/mol. The third kappa shape index (κ3) is 3.79. The molecule has 0 aliphatic carbocycles. The second kappa shape index (κ2) is 9.44. The van der Waals surface area contributed by atoms with Gasteiger partial charge in [-0.2, -0.15) is 0 Å². The summed E-state index contributed by atoms with van der Waals surface area (Å²) in [6.07, 6.45) is 0. The van der Waals surface area contributed by atoms with Gasteiger partial charge in [0.25, 0.3) is 0 Å². The number of hydrogen-bond donors (Lipinski definition) is 0. The molecular weight excluding hydrogens is 520 g/mol. The number of fused-ring (bicyclic) bond motifs is 6. The molecular formula is C42H26O. The van der Waals surface area contributed by atoms with Crippen LogP contribution in [0.5, 0.6) is 0 Å². The standard InChI is InChI=1S/C42H26O/c1-2-10-27(11-3-1)28-18-19-30-25-31(21-20-29(30)24-28)41-34-13-4-6-15-36(34)42(37-16-7-5-14-35(37)41)32-22-23-40-38(26-32)33-12-8-9-17-39(33)43-40/h1-26H/i1D,2D,3D,10D,11D,18D,19D,20D,21D,24D,25D. The van der Waals surface area contributed by atoms with Crippen LogP contribution in [-0.4, -0.2) is 0 Å². The van der Waals surface area contributed by atoms with Gasteiger partial charge in [0.1, 0.15) is 11.2 Å². The van der Waals surface area contributed by atoms with Gasteiger partial charge in [0, 0.05) is 10.8 Å². The molecule has 0 saturated heterocycles. The summed E-state index contributed by atoms with van der Waals surface area (Å²) in [7, 11) is 0. The first-order valence-electron chi connectivity index (χ1n) is 19.4. The van der Waals surface area contributed by atoms with Crippen molar-refractivity contribution in [2.75, 3.05) is 0 Å². The molecule has 1 nitrogen and oxygen atoms in total. The Kier molecular flexibility index (Phi) is 3.41. The maximum absolute atomic E-state index is 9.56. The van der Waals surface area contributed by atoms with Gasteiger partial charge in [-0.15, -0.1) is 0 Å². The Balaban J connectivity index is 1.38. The van der Waals surface area contributed by atoms with Crippen LogP contribution in [0, 0.1) is 0 Å². The molecule has 0 radical (unpaired) electrons. The molecule has 200 valence electrons. The van der Waals surface area contributed by atoms with Gasteiger partial charge in [-0.05, 0) is 96.0 Å². The largest absolute Gasteiger partial charge is 0.456 e. The summed E-state index contributed by atoms with van der Waals surface area (Å²) in [5.41, 5.74) is 3.08. The molecule has 0 amide bonds. The second-order valence-corrected chi connectivity index (χ2v) is 10.4. The molecule has 0 unspecified atom stereocenters. The molecule has 9 aromatic rings. The smallest absolute Gasteiger partial charge is 0.135 e. The van der Waals surface area contributed by atoms with Crippen molar-refractivity contribution >= 4 is 54.3 Å². The van der Waals surface area contributed by atoms with E-state index < -0.39 is 65.5 Å². The minimum Gasteiger partial charge on any atom is -0.456 e. The van der Waals surface area contributed by atoms with E-state index in [0.717, 1.165) is 43.8 Å². The highest BCUT2D eigenvalue weighted by atomic mass is 16.3. The van der Waals surface area contributed by atoms with Crippen LogP contribution in [0.3, 0.4) is 0 Å². The molecule has 0 fully saturated rings. The topological polar surface area (TPSA) is 13.1 Å². The van der Waals surface area contributed by atoms with Crippen molar-refractivity contribution in [1.82, 2.24) is 0 Å². The maximum atomic E-state index is 9.56. The average Bonchev–Trinajstić information content (AvgIpc) is 3.56. The molecule has 8 aromatic carbocycles. The normalized spacial score (nSPS) is 15.3. The predicted octanol–water partition coefficient (Wildman–Crippen LogP) is 12.0. The van der Waals surface area contributed by atoms with E-state index in [-0.39, 0.29) is 28.4 Å². The lowest BCUT2D eigenvalue weighted by Gasteiger charge is -2.18. The van der Waals surface area contributed by atoms with Crippen LogP contribution in [0.1, 0.15) is 15.1 Å². The third-order valence-corrected chi connectivity index (χ3v) is 7.97. The first-order valence-corrected chi connectivity index (χ1v) is 13.9. The van der Waals surface area contributed by atoms with Gasteiger partial charge < -0.3 is 4.42 Å². The lowest BCUT2D eigenvalue weighted by Crippen LogP contribution is -1.91. The van der Waals surface area contributed by atoms with E-state index in [2.05, 4.69) is 6.07 Å². The zero-order valence-electron chi connectivity index (χ0n) is 33.6. The Bertz CT molecular complexity index is 3040. The third-order valence-electron chi connectivity index (χ3n) is 7.97. The van der Waals surface area contributed by atoms with Crippen LogP contribution in [0.2, 0.25) is 0 Å². The lowest BCUT2D eigenvalue weighted by molar-refractivity contribution is 0.669. The fraction of sp³-hybridized carbons (Fsp3) is 0. The Labute approximate surface area is 264 Å².